The highest BCUT2D eigenvalue weighted by Gasteiger charge is 2.32. The molecule has 132 valence electrons. The number of aryl methyl sites for hydroxylation is 1. The van der Waals surface area contributed by atoms with Gasteiger partial charge in [0.05, 0.1) is 23.6 Å². The topological polar surface area (TPSA) is 83.9 Å². The van der Waals surface area contributed by atoms with Crippen LogP contribution in [-0.4, -0.2) is 37.1 Å². The number of aromatic nitrogens is 4. The Morgan fingerprint density at radius 3 is 2.85 bits per heavy atom. The first-order valence-electron chi connectivity index (χ1n) is 8.58. The highest BCUT2D eigenvalue weighted by molar-refractivity contribution is 5.94. The molecule has 0 unspecified atom stereocenters. The number of H-pyrrole nitrogens is 1. The van der Waals surface area contributed by atoms with E-state index in [2.05, 4.69) is 15.1 Å². The first kappa shape index (κ1) is 16.3. The quantitative estimate of drug-likeness (QED) is 0.785. The van der Waals surface area contributed by atoms with Crippen molar-refractivity contribution in [2.45, 2.75) is 18.9 Å². The molecule has 1 N–H and O–H groups in total. The lowest BCUT2D eigenvalue weighted by molar-refractivity contribution is 0.0734. The van der Waals surface area contributed by atoms with Gasteiger partial charge in [0.15, 0.2) is 0 Å². The second-order valence-electron chi connectivity index (χ2n) is 6.43. The Kier molecular flexibility index (Phi) is 4.12. The molecule has 0 radical (unpaired) electrons. The Balaban J connectivity index is 1.63. The number of nitrogens with zero attached hydrogens (tertiary/aromatic N) is 4. The zero-order valence-corrected chi connectivity index (χ0v) is 14.4. The summed E-state index contributed by atoms with van der Waals surface area (Å²) in [7, 11) is 1.85. The van der Waals surface area contributed by atoms with Crippen LogP contribution < -0.4 is 5.56 Å². The maximum Gasteiger partial charge on any atom is 0.261 e. The molecule has 3 aromatic heterocycles. The molecule has 0 aliphatic carbocycles. The normalized spacial score (nSPS) is 16.8. The van der Waals surface area contributed by atoms with Crippen LogP contribution >= 0.6 is 0 Å². The van der Waals surface area contributed by atoms with Gasteiger partial charge in [0, 0.05) is 31.5 Å². The fourth-order valence-electron chi connectivity index (χ4n) is 3.44. The van der Waals surface area contributed by atoms with Crippen LogP contribution in [0.5, 0.6) is 0 Å². The summed E-state index contributed by atoms with van der Waals surface area (Å²) in [5, 5.41) is 4.19. The summed E-state index contributed by atoms with van der Waals surface area (Å²) < 4.78 is 1.73. The lowest BCUT2D eigenvalue weighted by Gasteiger charge is -2.23. The Labute approximate surface area is 150 Å². The summed E-state index contributed by atoms with van der Waals surface area (Å²) in [6.07, 6.45) is 7.15. The van der Waals surface area contributed by atoms with Crippen LogP contribution in [0.25, 0.3) is 11.4 Å². The van der Waals surface area contributed by atoms with Gasteiger partial charge in [-0.3, -0.25) is 19.3 Å². The van der Waals surface area contributed by atoms with Gasteiger partial charge in [-0.05, 0) is 37.1 Å². The van der Waals surface area contributed by atoms with E-state index < -0.39 is 5.56 Å². The van der Waals surface area contributed by atoms with Crippen LogP contribution in [0.15, 0.2) is 53.7 Å². The second-order valence-corrected chi connectivity index (χ2v) is 6.43. The molecule has 1 amide bonds. The molecule has 1 atom stereocenters. The average molecular weight is 349 g/mol. The number of hydrogen-bond acceptors (Lipinski definition) is 4. The molecule has 1 aliphatic rings. The Hall–Kier alpha value is -3.22. The molecule has 0 spiro atoms. The predicted octanol–water partition coefficient (Wildman–Crippen LogP) is 2.15. The van der Waals surface area contributed by atoms with E-state index in [1.807, 2.05) is 31.4 Å². The van der Waals surface area contributed by atoms with E-state index in [-0.39, 0.29) is 17.5 Å². The third kappa shape index (κ3) is 2.92. The highest BCUT2D eigenvalue weighted by atomic mass is 16.2. The van der Waals surface area contributed by atoms with Crippen molar-refractivity contribution in [2.24, 2.45) is 7.05 Å². The van der Waals surface area contributed by atoms with E-state index in [1.165, 1.54) is 0 Å². The van der Waals surface area contributed by atoms with Crippen molar-refractivity contribution in [2.75, 3.05) is 6.54 Å². The van der Waals surface area contributed by atoms with E-state index in [4.69, 9.17) is 0 Å². The van der Waals surface area contributed by atoms with Crippen LogP contribution in [0, 0.1) is 0 Å². The minimum atomic E-state index is -0.394. The largest absolute Gasteiger partial charge is 0.331 e. The van der Waals surface area contributed by atoms with Crippen LogP contribution in [0.3, 0.4) is 0 Å². The van der Waals surface area contributed by atoms with Gasteiger partial charge < -0.3 is 9.88 Å². The smallest absolute Gasteiger partial charge is 0.261 e. The average Bonchev–Trinajstić information content (AvgIpc) is 3.30. The molecule has 1 aliphatic heterocycles. The molecule has 1 fully saturated rings. The molecule has 3 aromatic rings. The maximum absolute atomic E-state index is 13.0. The van der Waals surface area contributed by atoms with Gasteiger partial charge in [0.2, 0.25) is 0 Å². The van der Waals surface area contributed by atoms with E-state index in [0.29, 0.717) is 17.9 Å². The van der Waals surface area contributed by atoms with Crippen molar-refractivity contribution in [3.05, 3.63) is 70.4 Å². The highest BCUT2D eigenvalue weighted by Crippen LogP contribution is 2.32. The van der Waals surface area contributed by atoms with Crippen LogP contribution in [-0.2, 0) is 7.05 Å². The van der Waals surface area contributed by atoms with Gasteiger partial charge in [0.1, 0.15) is 5.56 Å². The van der Waals surface area contributed by atoms with Gasteiger partial charge in [0.25, 0.3) is 11.5 Å². The molecule has 0 aromatic carbocycles. The molecule has 4 heterocycles. The second kappa shape index (κ2) is 6.59. The first-order valence-corrected chi connectivity index (χ1v) is 8.58. The van der Waals surface area contributed by atoms with Crippen molar-refractivity contribution < 1.29 is 4.79 Å². The number of nitrogens with one attached hydrogen (secondary N) is 1. The van der Waals surface area contributed by atoms with E-state index in [0.717, 1.165) is 18.4 Å². The molecule has 7 nitrogen and oxygen atoms in total. The molecule has 0 saturated carbocycles. The standard InChI is InChI=1S/C19H19N5O2/c1-23-12-13(11-21-23)17-6-4-10-24(17)19(26)14-7-8-16(22-18(14)25)15-5-2-3-9-20-15/h2-3,5,7-9,11-12,17H,4,6,10H2,1H3,(H,22,25)/t17-/m0/s1. The lowest BCUT2D eigenvalue weighted by atomic mass is 10.1. The molecule has 0 bridgehead atoms. The molecule has 7 heteroatoms. The third-order valence-corrected chi connectivity index (χ3v) is 4.70. The lowest BCUT2D eigenvalue weighted by Crippen LogP contribution is -2.34. The van der Waals surface area contributed by atoms with E-state index in [9.17, 15) is 9.59 Å². The van der Waals surface area contributed by atoms with Gasteiger partial charge in [-0.25, -0.2) is 0 Å². The Bertz CT molecular complexity index is 992. The molecule has 1 saturated heterocycles. The molecule has 26 heavy (non-hydrogen) atoms. The Morgan fingerprint density at radius 2 is 2.15 bits per heavy atom. The van der Waals surface area contributed by atoms with E-state index in [1.54, 1.807) is 34.1 Å². The van der Waals surface area contributed by atoms with Gasteiger partial charge in [-0.1, -0.05) is 6.07 Å². The van der Waals surface area contributed by atoms with Crippen molar-refractivity contribution in [3.63, 3.8) is 0 Å². The summed E-state index contributed by atoms with van der Waals surface area (Å²) in [4.78, 5) is 34.2. The number of amides is 1. The predicted molar refractivity (Wildman–Crippen MR) is 96.5 cm³/mol. The minimum absolute atomic E-state index is 0.0360. The zero-order chi connectivity index (χ0) is 18.1. The SMILES string of the molecule is Cn1cc([C@@H]2CCCN2C(=O)c2ccc(-c3ccccn3)[nH]c2=O)cn1. The maximum atomic E-state index is 13.0. The number of rotatable bonds is 3. The van der Waals surface area contributed by atoms with Crippen molar-refractivity contribution in [1.82, 2.24) is 24.6 Å². The number of carbonyl (C=O) groups excluding carboxylic acids is 1. The Morgan fingerprint density at radius 1 is 1.27 bits per heavy atom. The van der Waals surface area contributed by atoms with Crippen LogP contribution in [0.2, 0.25) is 0 Å². The fraction of sp³-hybridized carbons (Fsp3) is 0.263. The fourth-order valence-corrected chi connectivity index (χ4v) is 3.44. The summed E-state index contributed by atoms with van der Waals surface area (Å²) in [6.45, 7) is 0.639. The number of carbonyl (C=O) groups is 1. The molecule has 4 rings (SSSR count). The summed E-state index contributed by atoms with van der Waals surface area (Å²) in [5.74, 6) is -0.245. The van der Waals surface area contributed by atoms with Crippen LogP contribution in [0.4, 0.5) is 0 Å². The number of pyridine rings is 2. The molecular formula is C19H19N5O2. The monoisotopic (exact) mass is 349 g/mol. The third-order valence-electron chi connectivity index (χ3n) is 4.70. The summed E-state index contributed by atoms with van der Waals surface area (Å²) >= 11 is 0. The van der Waals surface area contributed by atoms with Crippen molar-refractivity contribution in [3.8, 4) is 11.4 Å². The van der Waals surface area contributed by atoms with Crippen molar-refractivity contribution in [1.29, 1.82) is 0 Å². The van der Waals surface area contributed by atoms with Gasteiger partial charge >= 0.3 is 0 Å². The van der Waals surface area contributed by atoms with E-state index >= 15 is 0 Å². The summed E-state index contributed by atoms with van der Waals surface area (Å²) in [5.41, 5.74) is 2.02. The van der Waals surface area contributed by atoms with Gasteiger partial charge in [-0.15, -0.1) is 0 Å². The zero-order valence-electron chi connectivity index (χ0n) is 14.4. The number of hydrogen-bond donors (Lipinski definition) is 1. The minimum Gasteiger partial charge on any atom is -0.331 e. The van der Waals surface area contributed by atoms with Crippen LogP contribution in [0.1, 0.15) is 34.8 Å². The summed E-state index contributed by atoms with van der Waals surface area (Å²) in [6, 6.07) is 8.75. The molecular weight excluding hydrogens is 330 g/mol. The first-order chi connectivity index (χ1) is 12.6. The number of likely N-dealkylation sites (tertiary alicyclic amines) is 1. The van der Waals surface area contributed by atoms with Crippen molar-refractivity contribution >= 4 is 5.91 Å². The number of aromatic amines is 1. The van der Waals surface area contributed by atoms with Gasteiger partial charge in [-0.2, -0.15) is 5.10 Å².